The van der Waals surface area contributed by atoms with Gasteiger partial charge in [0.05, 0.1) is 4.92 Å². The molecule has 0 saturated carbocycles. The van der Waals surface area contributed by atoms with Crippen molar-refractivity contribution in [3.8, 4) is 0 Å². The lowest BCUT2D eigenvalue weighted by Crippen LogP contribution is -2.01. The number of nitrogens with zero attached hydrogens (tertiary/aromatic N) is 1. The average molecular weight is 339 g/mol. The van der Waals surface area contributed by atoms with E-state index in [1.165, 1.54) is 12.1 Å². The monoisotopic (exact) mass is 338 g/mol. The van der Waals surface area contributed by atoms with Gasteiger partial charge in [0.2, 0.25) is 0 Å². The summed E-state index contributed by atoms with van der Waals surface area (Å²) in [4.78, 5) is 10.3. The lowest BCUT2D eigenvalue weighted by Gasteiger charge is -2.09. The van der Waals surface area contributed by atoms with Gasteiger partial charge in [0.1, 0.15) is 0 Å². The first-order valence-corrected chi connectivity index (χ1v) is 8.62. The summed E-state index contributed by atoms with van der Waals surface area (Å²) in [5.41, 5.74) is 2.52. The van der Waals surface area contributed by atoms with Crippen molar-refractivity contribution in [2.75, 3.05) is 11.6 Å². The highest BCUT2D eigenvalue weighted by molar-refractivity contribution is 7.83. The smallest absolute Gasteiger partial charge is 0.269 e. The summed E-state index contributed by atoms with van der Waals surface area (Å²) in [5, 5.41) is 14.5. The molecule has 0 unspecified atom stereocenters. The Labute approximate surface area is 135 Å². The van der Waals surface area contributed by atoms with Crippen molar-refractivity contribution in [1.29, 1.82) is 0 Å². The number of anilines is 1. The number of halogens is 1. The van der Waals surface area contributed by atoms with E-state index in [-0.39, 0.29) is 5.69 Å². The molecule has 0 heterocycles. The maximum absolute atomic E-state index is 11.3. The minimum absolute atomic E-state index is 0.0671. The number of hydrogen-bond acceptors (Lipinski definition) is 4. The van der Waals surface area contributed by atoms with Crippen molar-refractivity contribution in [2.45, 2.75) is 12.3 Å². The highest BCUT2D eigenvalue weighted by Crippen LogP contribution is 2.22. The van der Waals surface area contributed by atoms with Crippen LogP contribution < -0.4 is 5.32 Å². The van der Waals surface area contributed by atoms with Gasteiger partial charge in [-0.3, -0.25) is 14.3 Å². The van der Waals surface area contributed by atoms with E-state index in [4.69, 9.17) is 11.6 Å². The zero-order valence-electron chi connectivity index (χ0n) is 11.9. The van der Waals surface area contributed by atoms with Gasteiger partial charge in [-0.15, -0.1) is 0 Å². The lowest BCUT2D eigenvalue weighted by atomic mass is 10.2. The highest BCUT2D eigenvalue weighted by Gasteiger charge is 2.07. The van der Waals surface area contributed by atoms with E-state index in [1.54, 1.807) is 18.4 Å². The fourth-order valence-corrected chi connectivity index (χ4v) is 2.94. The van der Waals surface area contributed by atoms with Crippen molar-refractivity contribution in [3.05, 3.63) is 68.7 Å². The molecule has 1 N–H and O–H groups in total. The molecule has 0 bridgehead atoms. The third-order valence-electron chi connectivity index (χ3n) is 3.02. The van der Waals surface area contributed by atoms with E-state index in [9.17, 15) is 14.3 Å². The number of non-ortho nitro benzene ring substituents is 1. The Bertz CT molecular complexity index is 722. The summed E-state index contributed by atoms with van der Waals surface area (Å²) >= 11 is 6.08. The molecule has 0 radical (unpaired) electrons. The molecule has 0 aliphatic carbocycles. The molecule has 2 rings (SSSR count). The maximum Gasteiger partial charge on any atom is 0.269 e. The molecule has 0 aliphatic rings. The molecule has 0 amide bonds. The van der Waals surface area contributed by atoms with Gasteiger partial charge in [0, 0.05) is 52.2 Å². The first kappa shape index (κ1) is 16.5. The Balaban J connectivity index is 2.10. The summed E-state index contributed by atoms with van der Waals surface area (Å²) in [5.74, 6) is 0.394. The second-order valence-electron chi connectivity index (χ2n) is 4.80. The Morgan fingerprint density at radius 2 is 2.05 bits per heavy atom. The van der Waals surface area contributed by atoms with Gasteiger partial charge in [0.25, 0.3) is 5.69 Å². The Morgan fingerprint density at radius 3 is 2.73 bits per heavy atom. The van der Waals surface area contributed by atoms with Crippen LogP contribution in [0.25, 0.3) is 0 Å². The van der Waals surface area contributed by atoms with E-state index in [0.717, 1.165) is 16.8 Å². The van der Waals surface area contributed by atoms with Crippen LogP contribution in [0.2, 0.25) is 5.02 Å². The van der Waals surface area contributed by atoms with Gasteiger partial charge in [-0.2, -0.15) is 0 Å². The minimum Gasteiger partial charge on any atom is -0.381 e. The third kappa shape index (κ3) is 4.54. The van der Waals surface area contributed by atoms with Crippen LogP contribution in [-0.4, -0.2) is 15.4 Å². The molecule has 2 aromatic carbocycles. The molecule has 1 atom stereocenters. The third-order valence-corrected chi connectivity index (χ3v) is 4.11. The van der Waals surface area contributed by atoms with E-state index >= 15 is 0 Å². The van der Waals surface area contributed by atoms with Gasteiger partial charge in [-0.05, 0) is 29.3 Å². The second kappa shape index (κ2) is 7.38. The van der Waals surface area contributed by atoms with Crippen molar-refractivity contribution in [1.82, 2.24) is 0 Å². The molecule has 2 aromatic rings. The fraction of sp³-hybridized carbons (Fsp3) is 0.200. The van der Waals surface area contributed by atoms with Crippen LogP contribution in [0.5, 0.6) is 0 Å². The van der Waals surface area contributed by atoms with Crippen LogP contribution in [0.4, 0.5) is 11.4 Å². The van der Waals surface area contributed by atoms with Gasteiger partial charge < -0.3 is 5.32 Å². The van der Waals surface area contributed by atoms with Crippen molar-refractivity contribution >= 4 is 33.8 Å². The van der Waals surface area contributed by atoms with Crippen LogP contribution >= 0.6 is 11.6 Å². The zero-order valence-corrected chi connectivity index (χ0v) is 13.5. The molecule has 22 heavy (non-hydrogen) atoms. The molecule has 116 valence electrons. The number of rotatable bonds is 6. The summed E-state index contributed by atoms with van der Waals surface area (Å²) in [6, 6.07) is 11.9. The first-order valence-electron chi connectivity index (χ1n) is 6.51. The molecular formula is C15H15ClN2O3S. The molecule has 0 fully saturated rings. The fourth-order valence-electron chi connectivity index (χ4n) is 2.00. The van der Waals surface area contributed by atoms with E-state index in [2.05, 4.69) is 5.32 Å². The number of nitrogens with one attached hydrogen (secondary N) is 1. The highest BCUT2D eigenvalue weighted by atomic mass is 35.5. The van der Waals surface area contributed by atoms with Gasteiger partial charge in [-0.25, -0.2) is 0 Å². The average Bonchev–Trinajstić information content (AvgIpc) is 2.48. The lowest BCUT2D eigenvalue weighted by molar-refractivity contribution is -0.384. The van der Waals surface area contributed by atoms with Gasteiger partial charge >= 0.3 is 0 Å². The van der Waals surface area contributed by atoms with Crippen molar-refractivity contribution in [2.24, 2.45) is 0 Å². The summed E-state index contributed by atoms with van der Waals surface area (Å²) in [7, 11) is -0.971. The zero-order chi connectivity index (χ0) is 16.1. The largest absolute Gasteiger partial charge is 0.381 e. The van der Waals surface area contributed by atoms with Gasteiger partial charge in [0.15, 0.2) is 0 Å². The predicted molar refractivity (Wildman–Crippen MR) is 89.6 cm³/mol. The minimum atomic E-state index is -0.971. The van der Waals surface area contributed by atoms with Crippen LogP contribution in [0.3, 0.4) is 0 Å². The van der Waals surface area contributed by atoms with E-state index in [1.807, 2.05) is 18.2 Å². The Kier molecular flexibility index (Phi) is 5.51. The van der Waals surface area contributed by atoms with E-state index in [0.29, 0.717) is 17.3 Å². The van der Waals surface area contributed by atoms with Crippen LogP contribution in [-0.2, 0) is 23.1 Å². The standard InChI is InChI=1S/C15H15ClN2O3S/c1-22(21)10-12-8-13(5-6-15(12)16)17-9-11-3-2-4-14(7-11)18(19)20/h2-8,17H,9-10H2,1H3/t22-/m0/s1. The molecule has 0 aromatic heterocycles. The van der Waals surface area contributed by atoms with Crippen LogP contribution in [0.1, 0.15) is 11.1 Å². The topological polar surface area (TPSA) is 72.2 Å². The number of benzene rings is 2. The maximum atomic E-state index is 11.3. The summed E-state index contributed by atoms with van der Waals surface area (Å²) in [6.07, 6.45) is 1.62. The molecule has 7 heteroatoms. The van der Waals surface area contributed by atoms with Crippen LogP contribution in [0.15, 0.2) is 42.5 Å². The molecule has 0 spiro atoms. The van der Waals surface area contributed by atoms with Crippen molar-refractivity contribution in [3.63, 3.8) is 0 Å². The summed E-state index contributed by atoms with van der Waals surface area (Å²) in [6.45, 7) is 0.456. The second-order valence-corrected chi connectivity index (χ2v) is 6.65. The number of nitro groups is 1. The van der Waals surface area contributed by atoms with Gasteiger partial charge in [-0.1, -0.05) is 23.7 Å². The van der Waals surface area contributed by atoms with E-state index < -0.39 is 15.7 Å². The Hall–Kier alpha value is -1.92. The SMILES string of the molecule is C[S@](=O)Cc1cc(NCc2cccc([N+](=O)[O-])c2)ccc1Cl. The number of nitro benzene ring substituents is 1. The predicted octanol–water partition coefficient (Wildman–Crippen LogP) is 3.74. The molecule has 5 nitrogen and oxygen atoms in total. The van der Waals surface area contributed by atoms with Crippen molar-refractivity contribution < 1.29 is 9.13 Å². The first-order chi connectivity index (χ1) is 10.5. The Morgan fingerprint density at radius 1 is 1.27 bits per heavy atom. The molecule has 0 saturated heterocycles. The quantitative estimate of drug-likeness (QED) is 0.643. The normalized spacial score (nSPS) is 11.9. The summed E-state index contributed by atoms with van der Waals surface area (Å²) < 4.78 is 11.3. The number of hydrogen-bond donors (Lipinski definition) is 1. The molecular weight excluding hydrogens is 324 g/mol. The van der Waals surface area contributed by atoms with Crippen LogP contribution in [0, 0.1) is 10.1 Å². The molecule has 0 aliphatic heterocycles.